The maximum absolute atomic E-state index is 12.3. The van der Waals surface area contributed by atoms with E-state index in [1.165, 1.54) is 0 Å². The third-order valence-electron chi connectivity index (χ3n) is 4.33. The lowest BCUT2D eigenvalue weighted by Crippen LogP contribution is -2.56. The number of carbonyl (C=O) groups is 1. The predicted octanol–water partition coefficient (Wildman–Crippen LogP) is 1.01. The minimum absolute atomic E-state index is 0.131. The first-order chi connectivity index (χ1) is 11.5. The zero-order valence-electron chi connectivity index (χ0n) is 14.1. The summed E-state index contributed by atoms with van der Waals surface area (Å²) in [5.74, 6) is 0.629. The number of nitrogens with zero attached hydrogens (tertiary/aromatic N) is 3. The third kappa shape index (κ3) is 3.47. The molecule has 0 saturated carbocycles. The Morgan fingerprint density at radius 1 is 1.38 bits per heavy atom. The number of nitrogens with two attached hydrogens (primary N) is 1. The fourth-order valence-electron chi connectivity index (χ4n) is 2.83. The molecule has 128 valence electrons. The molecule has 0 bridgehead atoms. The van der Waals surface area contributed by atoms with E-state index >= 15 is 0 Å². The van der Waals surface area contributed by atoms with Crippen LogP contribution in [0.15, 0.2) is 24.4 Å². The highest BCUT2D eigenvalue weighted by Crippen LogP contribution is 2.18. The zero-order chi connectivity index (χ0) is 17.2. The average molecular weight is 329 g/mol. The lowest BCUT2D eigenvalue weighted by Gasteiger charge is -2.31. The molecular formula is C17H23N5O2. The topological polar surface area (TPSA) is 95.1 Å². The lowest BCUT2D eigenvalue weighted by atomic mass is 9.90. The van der Waals surface area contributed by atoms with E-state index in [4.69, 9.17) is 10.5 Å². The number of hydrogen-bond donors (Lipinski definition) is 2. The van der Waals surface area contributed by atoms with E-state index in [1.54, 1.807) is 10.9 Å². The summed E-state index contributed by atoms with van der Waals surface area (Å²) in [6.07, 6.45) is 2.85. The highest BCUT2D eigenvalue weighted by molar-refractivity contribution is 5.86. The van der Waals surface area contributed by atoms with Crippen molar-refractivity contribution in [3.63, 3.8) is 0 Å². The van der Waals surface area contributed by atoms with Crippen molar-refractivity contribution >= 4 is 5.91 Å². The van der Waals surface area contributed by atoms with Gasteiger partial charge in [0.05, 0.1) is 11.2 Å². The first kappa shape index (κ1) is 16.6. The highest BCUT2D eigenvalue weighted by Gasteiger charge is 2.35. The monoisotopic (exact) mass is 329 g/mol. The van der Waals surface area contributed by atoms with Gasteiger partial charge in [0.2, 0.25) is 5.91 Å². The van der Waals surface area contributed by atoms with Crippen LogP contribution < -0.4 is 11.1 Å². The number of pyridine rings is 1. The number of nitrogens with one attached hydrogen (secondary N) is 1. The van der Waals surface area contributed by atoms with Gasteiger partial charge in [0.25, 0.3) is 0 Å². The second-order valence-electron chi connectivity index (χ2n) is 6.31. The van der Waals surface area contributed by atoms with Crippen LogP contribution in [0.5, 0.6) is 0 Å². The van der Waals surface area contributed by atoms with Crippen LogP contribution in [0.2, 0.25) is 0 Å². The molecule has 7 nitrogen and oxygen atoms in total. The van der Waals surface area contributed by atoms with Gasteiger partial charge in [-0.1, -0.05) is 6.07 Å². The molecular weight excluding hydrogens is 306 g/mol. The fraction of sp³-hybridized carbons (Fsp3) is 0.471. The van der Waals surface area contributed by atoms with Crippen molar-refractivity contribution in [2.75, 3.05) is 13.2 Å². The molecule has 1 amide bonds. The minimum atomic E-state index is -0.824. The van der Waals surface area contributed by atoms with Gasteiger partial charge >= 0.3 is 0 Å². The van der Waals surface area contributed by atoms with Gasteiger partial charge in [-0.3, -0.25) is 4.79 Å². The molecule has 2 aromatic heterocycles. The molecule has 2 aromatic rings. The van der Waals surface area contributed by atoms with E-state index in [2.05, 4.69) is 15.4 Å². The van der Waals surface area contributed by atoms with Gasteiger partial charge in [0, 0.05) is 31.6 Å². The van der Waals surface area contributed by atoms with Crippen molar-refractivity contribution in [1.29, 1.82) is 0 Å². The summed E-state index contributed by atoms with van der Waals surface area (Å²) in [4.78, 5) is 16.7. The third-order valence-corrected chi connectivity index (χ3v) is 4.33. The molecule has 24 heavy (non-hydrogen) atoms. The number of rotatable bonds is 4. The Morgan fingerprint density at radius 2 is 2.12 bits per heavy atom. The fourth-order valence-corrected chi connectivity index (χ4v) is 2.83. The van der Waals surface area contributed by atoms with Gasteiger partial charge in [-0.05, 0) is 44.4 Å². The molecule has 1 fully saturated rings. The van der Waals surface area contributed by atoms with Gasteiger partial charge in [-0.25, -0.2) is 9.67 Å². The van der Waals surface area contributed by atoms with Gasteiger partial charge in [0.15, 0.2) is 5.82 Å². The average Bonchev–Trinajstić information content (AvgIpc) is 2.92. The van der Waals surface area contributed by atoms with Crippen LogP contribution in [0, 0.1) is 13.8 Å². The molecule has 0 unspecified atom stereocenters. The maximum Gasteiger partial charge on any atom is 0.240 e. The van der Waals surface area contributed by atoms with Crippen molar-refractivity contribution in [3.8, 4) is 5.82 Å². The summed E-state index contributed by atoms with van der Waals surface area (Å²) in [5.41, 5.74) is 8.25. The second kappa shape index (κ2) is 6.70. The van der Waals surface area contributed by atoms with Gasteiger partial charge in [-0.2, -0.15) is 5.10 Å². The molecule has 3 N–H and O–H groups in total. The quantitative estimate of drug-likeness (QED) is 0.873. The number of ether oxygens (including phenoxy) is 1. The van der Waals surface area contributed by atoms with Crippen LogP contribution in [-0.4, -0.2) is 39.4 Å². The first-order valence-corrected chi connectivity index (χ1v) is 8.11. The highest BCUT2D eigenvalue weighted by atomic mass is 16.5. The molecule has 1 saturated heterocycles. The molecule has 3 rings (SSSR count). The Kier molecular flexibility index (Phi) is 4.64. The molecule has 0 radical (unpaired) electrons. The Balaban J connectivity index is 1.62. The molecule has 3 heterocycles. The summed E-state index contributed by atoms with van der Waals surface area (Å²) >= 11 is 0. The van der Waals surface area contributed by atoms with Crippen LogP contribution in [-0.2, 0) is 16.1 Å². The summed E-state index contributed by atoms with van der Waals surface area (Å²) in [7, 11) is 0. The number of hydrogen-bond acceptors (Lipinski definition) is 5. The van der Waals surface area contributed by atoms with Crippen molar-refractivity contribution in [3.05, 3.63) is 41.3 Å². The van der Waals surface area contributed by atoms with Crippen LogP contribution >= 0.6 is 0 Å². The van der Waals surface area contributed by atoms with Crippen LogP contribution in [0.1, 0.15) is 29.8 Å². The van der Waals surface area contributed by atoms with Crippen LogP contribution in [0.3, 0.4) is 0 Å². The summed E-state index contributed by atoms with van der Waals surface area (Å²) in [6, 6.07) is 5.84. The maximum atomic E-state index is 12.3. The Hall–Kier alpha value is -2.25. The summed E-state index contributed by atoms with van der Waals surface area (Å²) in [6.45, 7) is 5.41. The number of carbonyl (C=O) groups excluding carboxylic acids is 1. The standard InChI is InChI=1S/C17H23N5O2/c1-12-9-13(2)22(21-12)15-4-3-14(10-19-15)11-20-16(23)17(18)5-7-24-8-6-17/h3-4,9-10H,5-8,11,18H2,1-2H3,(H,20,23). The minimum Gasteiger partial charge on any atom is -0.381 e. The van der Waals surface area contributed by atoms with Crippen molar-refractivity contribution in [1.82, 2.24) is 20.1 Å². The van der Waals surface area contributed by atoms with E-state index < -0.39 is 5.54 Å². The lowest BCUT2D eigenvalue weighted by molar-refractivity contribution is -0.129. The van der Waals surface area contributed by atoms with Crippen LogP contribution in [0.25, 0.3) is 5.82 Å². The molecule has 7 heteroatoms. The Morgan fingerprint density at radius 3 is 2.71 bits per heavy atom. The molecule has 0 atom stereocenters. The molecule has 1 aliphatic heterocycles. The molecule has 0 spiro atoms. The van der Waals surface area contributed by atoms with Gasteiger partial charge in [-0.15, -0.1) is 0 Å². The van der Waals surface area contributed by atoms with E-state index in [-0.39, 0.29) is 5.91 Å². The number of aromatic nitrogens is 3. The predicted molar refractivity (Wildman–Crippen MR) is 89.7 cm³/mol. The summed E-state index contributed by atoms with van der Waals surface area (Å²) in [5, 5.41) is 7.31. The smallest absolute Gasteiger partial charge is 0.240 e. The van der Waals surface area contributed by atoms with Gasteiger partial charge in [0.1, 0.15) is 0 Å². The van der Waals surface area contributed by atoms with Gasteiger partial charge < -0.3 is 15.8 Å². The second-order valence-corrected chi connectivity index (χ2v) is 6.31. The SMILES string of the molecule is Cc1cc(C)n(-c2ccc(CNC(=O)C3(N)CCOCC3)cn2)n1. The zero-order valence-corrected chi connectivity index (χ0v) is 14.1. The Bertz CT molecular complexity index is 717. The van der Waals surface area contributed by atoms with Crippen LogP contribution in [0.4, 0.5) is 0 Å². The van der Waals surface area contributed by atoms with E-state index in [1.807, 2.05) is 32.0 Å². The van der Waals surface area contributed by atoms with Crippen molar-refractivity contribution < 1.29 is 9.53 Å². The largest absolute Gasteiger partial charge is 0.381 e. The molecule has 0 aromatic carbocycles. The number of aryl methyl sites for hydroxylation is 2. The van der Waals surface area contributed by atoms with E-state index in [0.717, 1.165) is 22.8 Å². The first-order valence-electron chi connectivity index (χ1n) is 8.11. The number of amides is 1. The van der Waals surface area contributed by atoms with Crippen molar-refractivity contribution in [2.45, 2.75) is 38.8 Å². The normalized spacial score (nSPS) is 16.8. The molecule has 0 aliphatic carbocycles. The molecule has 1 aliphatic rings. The summed E-state index contributed by atoms with van der Waals surface area (Å²) < 4.78 is 7.07. The van der Waals surface area contributed by atoms with E-state index in [0.29, 0.717) is 32.6 Å². The van der Waals surface area contributed by atoms with Crippen molar-refractivity contribution in [2.24, 2.45) is 5.73 Å². The Labute approximate surface area is 141 Å². The van der Waals surface area contributed by atoms with E-state index in [9.17, 15) is 4.79 Å².